The van der Waals surface area contributed by atoms with Gasteiger partial charge in [0.15, 0.2) is 5.69 Å². The first-order chi connectivity index (χ1) is 8.08. The lowest BCUT2D eigenvalue weighted by atomic mass is 10.1. The maximum absolute atomic E-state index is 11.4. The third-order valence-electron chi connectivity index (χ3n) is 2.56. The molecular weight excluding hydrogens is 216 g/mol. The van der Waals surface area contributed by atoms with Gasteiger partial charge in [0, 0.05) is 0 Å². The minimum Gasteiger partial charge on any atom is -0.300 e. The van der Waals surface area contributed by atoms with Crippen molar-refractivity contribution in [2.24, 2.45) is 10.2 Å². The number of hydrogen-bond acceptors (Lipinski definition) is 3. The van der Waals surface area contributed by atoms with Crippen molar-refractivity contribution in [3.05, 3.63) is 45.4 Å². The Hall–Kier alpha value is -2.17. The van der Waals surface area contributed by atoms with E-state index in [-0.39, 0.29) is 5.56 Å². The summed E-state index contributed by atoms with van der Waals surface area (Å²) in [5, 5.41) is 13.3. The van der Waals surface area contributed by atoms with E-state index in [1.54, 1.807) is 6.92 Å². The topological polar surface area (TPSA) is 73.4 Å². The zero-order valence-corrected chi connectivity index (χ0v) is 10.0. The Bertz CT molecular complexity index is 622. The van der Waals surface area contributed by atoms with Crippen LogP contribution in [0, 0.1) is 20.8 Å². The average molecular weight is 230 g/mol. The highest BCUT2D eigenvalue weighted by Crippen LogP contribution is 2.22. The quantitative estimate of drug-likeness (QED) is 0.764. The van der Waals surface area contributed by atoms with Crippen molar-refractivity contribution in [2.45, 2.75) is 20.8 Å². The van der Waals surface area contributed by atoms with Gasteiger partial charge >= 0.3 is 0 Å². The molecule has 1 aromatic heterocycles. The van der Waals surface area contributed by atoms with E-state index in [0.29, 0.717) is 11.4 Å². The van der Waals surface area contributed by atoms with Crippen LogP contribution in [0.4, 0.5) is 11.4 Å². The zero-order chi connectivity index (χ0) is 12.4. The molecule has 5 nitrogen and oxygen atoms in total. The van der Waals surface area contributed by atoms with Crippen LogP contribution >= 0.6 is 0 Å². The van der Waals surface area contributed by atoms with Gasteiger partial charge in [0.1, 0.15) is 0 Å². The molecule has 0 amide bonds. The van der Waals surface area contributed by atoms with E-state index < -0.39 is 0 Å². The van der Waals surface area contributed by atoms with E-state index in [1.165, 1.54) is 0 Å². The standard InChI is InChI=1S/C12H14N4O/c1-7-4-5-8(2)10(6-7)14-15-11-9(3)13-16-12(11)17/h4-6H,1-3H3,(H2,13,16,17). The Morgan fingerprint density at radius 3 is 2.47 bits per heavy atom. The molecule has 0 atom stereocenters. The van der Waals surface area contributed by atoms with Crippen molar-refractivity contribution in [3.8, 4) is 0 Å². The normalized spacial score (nSPS) is 11.2. The number of aryl methyl sites for hydroxylation is 3. The second-order valence-electron chi connectivity index (χ2n) is 4.04. The fourth-order valence-electron chi connectivity index (χ4n) is 1.49. The Morgan fingerprint density at radius 1 is 1.06 bits per heavy atom. The summed E-state index contributed by atoms with van der Waals surface area (Å²) in [6.45, 7) is 5.73. The molecule has 5 heteroatoms. The van der Waals surface area contributed by atoms with Crippen molar-refractivity contribution in [2.75, 3.05) is 0 Å². The van der Waals surface area contributed by atoms with Crippen LogP contribution in [0.2, 0.25) is 0 Å². The highest BCUT2D eigenvalue weighted by molar-refractivity contribution is 5.48. The van der Waals surface area contributed by atoms with Crippen LogP contribution in [0.3, 0.4) is 0 Å². The molecule has 0 aliphatic carbocycles. The summed E-state index contributed by atoms with van der Waals surface area (Å²) >= 11 is 0. The van der Waals surface area contributed by atoms with Gasteiger partial charge in [-0.1, -0.05) is 12.1 Å². The van der Waals surface area contributed by atoms with Crippen LogP contribution in [0.1, 0.15) is 16.8 Å². The van der Waals surface area contributed by atoms with Crippen molar-refractivity contribution in [1.29, 1.82) is 0 Å². The van der Waals surface area contributed by atoms with Crippen LogP contribution in [0.5, 0.6) is 0 Å². The summed E-state index contributed by atoms with van der Waals surface area (Å²) < 4.78 is 0. The molecule has 0 spiro atoms. The van der Waals surface area contributed by atoms with Gasteiger partial charge in [0.2, 0.25) is 0 Å². The molecule has 0 saturated carbocycles. The third kappa shape index (κ3) is 2.33. The van der Waals surface area contributed by atoms with Gasteiger partial charge in [0.05, 0.1) is 11.4 Å². The Kier molecular flexibility index (Phi) is 2.91. The molecule has 0 radical (unpaired) electrons. The number of H-pyrrole nitrogens is 2. The fraction of sp³-hybridized carbons (Fsp3) is 0.250. The second-order valence-corrected chi connectivity index (χ2v) is 4.04. The molecule has 2 N–H and O–H groups in total. The van der Waals surface area contributed by atoms with Crippen LogP contribution in [-0.2, 0) is 0 Å². The molecule has 17 heavy (non-hydrogen) atoms. The summed E-state index contributed by atoms with van der Waals surface area (Å²) in [6.07, 6.45) is 0. The van der Waals surface area contributed by atoms with Gasteiger partial charge in [-0.2, -0.15) is 5.11 Å². The maximum Gasteiger partial charge on any atom is 0.291 e. The molecule has 0 aliphatic heterocycles. The first kappa shape index (κ1) is 11.3. The van der Waals surface area contributed by atoms with Crippen LogP contribution in [0.25, 0.3) is 0 Å². The van der Waals surface area contributed by atoms with Crippen molar-refractivity contribution in [3.63, 3.8) is 0 Å². The van der Waals surface area contributed by atoms with Gasteiger partial charge in [-0.25, -0.2) is 0 Å². The molecule has 88 valence electrons. The number of hydrogen-bond donors (Lipinski definition) is 2. The monoisotopic (exact) mass is 230 g/mol. The molecule has 0 unspecified atom stereocenters. The molecular formula is C12H14N4O. The fourth-order valence-corrected chi connectivity index (χ4v) is 1.49. The van der Waals surface area contributed by atoms with E-state index >= 15 is 0 Å². The Labute approximate surface area is 98.6 Å². The molecule has 0 bridgehead atoms. The highest BCUT2D eigenvalue weighted by Gasteiger charge is 2.04. The number of nitrogens with one attached hydrogen (secondary N) is 2. The maximum atomic E-state index is 11.4. The Balaban J connectivity index is 2.39. The van der Waals surface area contributed by atoms with Gasteiger partial charge in [-0.05, 0) is 38.0 Å². The van der Waals surface area contributed by atoms with Gasteiger partial charge in [-0.15, -0.1) is 5.11 Å². The summed E-state index contributed by atoms with van der Waals surface area (Å²) in [4.78, 5) is 11.4. The number of rotatable bonds is 2. The summed E-state index contributed by atoms with van der Waals surface area (Å²) in [5.41, 5.74) is 3.68. The van der Waals surface area contributed by atoms with Gasteiger partial charge in [0.25, 0.3) is 5.56 Å². The lowest BCUT2D eigenvalue weighted by Gasteiger charge is -1.99. The van der Waals surface area contributed by atoms with Crippen LogP contribution in [-0.4, -0.2) is 10.2 Å². The van der Waals surface area contributed by atoms with E-state index in [0.717, 1.165) is 16.8 Å². The molecule has 2 aromatic rings. The summed E-state index contributed by atoms with van der Waals surface area (Å²) in [6, 6.07) is 5.94. The van der Waals surface area contributed by atoms with Crippen molar-refractivity contribution in [1.82, 2.24) is 10.2 Å². The van der Waals surface area contributed by atoms with E-state index in [9.17, 15) is 4.79 Å². The second kappa shape index (κ2) is 4.37. The van der Waals surface area contributed by atoms with Crippen LogP contribution in [0.15, 0.2) is 33.2 Å². The van der Waals surface area contributed by atoms with Gasteiger partial charge < -0.3 is 5.10 Å². The number of aromatic amines is 2. The van der Waals surface area contributed by atoms with E-state index in [4.69, 9.17) is 0 Å². The van der Waals surface area contributed by atoms with Crippen molar-refractivity contribution >= 4 is 11.4 Å². The molecule has 1 heterocycles. The van der Waals surface area contributed by atoms with Crippen molar-refractivity contribution < 1.29 is 0 Å². The van der Waals surface area contributed by atoms with E-state index in [1.807, 2.05) is 32.0 Å². The predicted molar refractivity (Wildman–Crippen MR) is 66.2 cm³/mol. The minimum atomic E-state index is -0.253. The summed E-state index contributed by atoms with van der Waals surface area (Å²) in [5.74, 6) is 0. The lowest BCUT2D eigenvalue weighted by molar-refractivity contribution is 1.02. The average Bonchev–Trinajstić information content (AvgIpc) is 2.61. The first-order valence-electron chi connectivity index (χ1n) is 5.34. The lowest BCUT2D eigenvalue weighted by Crippen LogP contribution is -1.96. The highest BCUT2D eigenvalue weighted by atomic mass is 16.1. The van der Waals surface area contributed by atoms with Gasteiger partial charge in [-0.3, -0.25) is 9.89 Å². The number of azo groups is 1. The molecule has 0 fully saturated rings. The number of nitrogens with zero attached hydrogens (tertiary/aromatic N) is 2. The molecule has 1 aromatic carbocycles. The molecule has 2 rings (SSSR count). The third-order valence-corrected chi connectivity index (χ3v) is 2.56. The number of benzene rings is 1. The summed E-state index contributed by atoms with van der Waals surface area (Å²) in [7, 11) is 0. The predicted octanol–water partition coefficient (Wildman–Crippen LogP) is 3.04. The molecule has 0 aliphatic rings. The Morgan fingerprint density at radius 2 is 1.82 bits per heavy atom. The zero-order valence-electron chi connectivity index (χ0n) is 10.0. The first-order valence-corrected chi connectivity index (χ1v) is 5.34. The van der Waals surface area contributed by atoms with E-state index in [2.05, 4.69) is 20.4 Å². The van der Waals surface area contributed by atoms with Crippen LogP contribution < -0.4 is 5.56 Å². The SMILES string of the molecule is Cc1ccc(C)c(N=Nc2c(C)[nH][nH]c2=O)c1. The largest absolute Gasteiger partial charge is 0.300 e. The smallest absolute Gasteiger partial charge is 0.291 e. The minimum absolute atomic E-state index is 0.253. The number of aromatic nitrogens is 2. The molecule has 0 saturated heterocycles.